The van der Waals surface area contributed by atoms with Gasteiger partial charge in [-0.1, -0.05) is 84.9 Å². The number of hydrogen-bond donors (Lipinski definition) is 4. The number of ketones is 1. The van der Waals surface area contributed by atoms with Gasteiger partial charge in [0.05, 0.1) is 25.0 Å². The lowest BCUT2D eigenvalue weighted by Gasteiger charge is -2.25. The summed E-state index contributed by atoms with van der Waals surface area (Å²) in [5.74, 6) is 1.76. The molecule has 0 saturated heterocycles. The zero-order valence-electron chi connectivity index (χ0n) is 27.6. The van der Waals surface area contributed by atoms with Gasteiger partial charge in [0.2, 0.25) is 0 Å². The van der Waals surface area contributed by atoms with Gasteiger partial charge >= 0.3 is 0 Å². The van der Waals surface area contributed by atoms with Crippen molar-refractivity contribution in [1.82, 2.24) is 0 Å². The number of aliphatic hydroxyl groups excluding tert-OH is 2. The maximum Gasteiger partial charge on any atom is 0.151 e. The van der Waals surface area contributed by atoms with E-state index in [-0.39, 0.29) is 19.0 Å². The van der Waals surface area contributed by atoms with Crippen molar-refractivity contribution in [1.29, 1.82) is 0 Å². The Balaban J connectivity index is 1.31. The molecule has 2 atom stereocenters. The summed E-state index contributed by atoms with van der Waals surface area (Å²) in [7, 11) is 0. The standard InChI is InChI=1S/C43H40N2O5/c46-29-31-9-7-11-35(25-31)44-27-41(33-17-21-39(22-18-33)49-37-13-3-1-4-14-37)43(48)42(28-45-36-12-8-10-32(26-36)30-47)34-19-23-40(24-20-34)50-38-15-5-2-6-16-38/h1-26,41-42,44-47H,27-30H2. The molecule has 0 aliphatic carbocycles. The molecule has 0 aliphatic rings. The largest absolute Gasteiger partial charge is 0.457 e. The summed E-state index contributed by atoms with van der Waals surface area (Å²) >= 11 is 0. The van der Waals surface area contributed by atoms with Gasteiger partial charge in [0, 0.05) is 24.5 Å². The smallest absolute Gasteiger partial charge is 0.151 e. The molecule has 0 saturated carbocycles. The van der Waals surface area contributed by atoms with E-state index in [1.807, 2.05) is 158 Å². The number of rotatable bonds is 16. The van der Waals surface area contributed by atoms with Crippen LogP contribution in [0.2, 0.25) is 0 Å². The van der Waals surface area contributed by atoms with Crippen molar-refractivity contribution in [3.05, 3.63) is 180 Å². The Morgan fingerprint density at radius 1 is 0.480 bits per heavy atom. The fourth-order valence-corrected chi connectivity index (χ4v) is 5.79. The lowest BCUT2D eigenvalue weighted by Crippen LogP contribution is -2.30. The van der Waals surface area contributed by atoms with Crippen LogP contribution in [0.1, 0.15) is 34.1 Å². The van der Waals surface area contributed by atoms with Crippen molar-refractivity contribution in [3.8, 4) is 23.0 Å². The van der Waals surface area contributed by atoms with Crippen molar-refractivity contribution in [2.45, 2.75) is 25.0 Å². The fourth-order valence-electron chi connectivity index (χ4n) is 5.79. The van der Waals surface area contributed by atoms with Crippen molar-refractivity contribution >= 4 is 17.2 Å². The first-order chi connectivity index (χ1) is 24.6. The van der Waals surface area contributed by atoms with E-state index in [0.29, 0.717) is 24.6 Å². The molecule has 0 aromatic heterocycles. The topological polar surface area (TPSA) is 100 Å². The third-order valence-electron chi connectivity index (χ3n) is 8.45. The van der Waals surface area contributed by atoms with Gasteiger partial charge in [0.1, 0.15) is 23.0 Å². The lowest BCUT2D eigenvalue weighted by molar-refractivity contribution is -0.121. The van der Waals surface area contributed by atoms with E-state index >= 15 is 0 Å². The normalized spacial score (nSPS) is 12.0. The third-order valence-corrected chi connectivity index (χ3v) is 8.45. The summed E-state index contributed by atoms with van der Waals surface area (Å²) in [6.07, 6.45) is 0. The number of aliphatic hydroxyl groups is 2. The van der Waals surface area contributed by atoms with Crippen LogP contribution in [0.15, 0.2) is 158 Å². The molecule has 6 aromatic rings. The molecule has 4 N–H and O–H groups in total. The average Bonchev–Trinajstić information content (AvgIpc) is 3.17. The number of para-hydroxylation sites is 2. The molecule has 0 radical (unpaired) electrons. The minimum atomic E-state index is -0.533. The van der Waals surface area contributed by atoms with Gasteiger partial charge in [-0.15, -0.1) is 0 Å². The Hall–Kier alpha value is -5.89. The number of hydrogen-bond acceptors (Lipinski definition) is 7. The Morgan fingerprint density at radius 2 is 0.860 bits per heavy atom. The van der Waals surface area contributed by atoms with E-state index in [0.717, 1.165) is 45.1 Å². The summed E-state index contributed by atoms with van der Waals surface area (Å²) in [4.78, 5) is 14.9. The number of benzene rings is 6. The molecular weight excluding hydrogens is 624 g/mol. The second kappa shape index (κ2) is 17.0. The van der Waals surface area contributed by atoms with Gasteiger partial charge in [-0.25, -0.2) is 0 Å². The molecule has 0 fully saturated rings. The summed E-state index contributed by atoms with van der Waals surface area (Å²) in [6, 6.07) is 49.6. The van der Waals surface area contributed by atoms with Crippen LogP contribution < -0.4 is 20.1 Å². The molecule has 252 valence electrons. The summed E-state index contributed by atoms with van der Waals surface area (Å²) in [6.45, 7) is 0.516. The molecule has 0 amide bonds. The van der Waals surface area contributed by atoms with E-state index in [1.165, 1.54) is 0 Å². The second-order valence-electron chi connectivity index (χ2n) is 12.0. The zero-order valence-corrected chi connectivity index (χ0v) is 27.6. The van der Waals surface area contributed by atoms with Crippen LogP contribution in [0, 0.1) is 0 Å². The van der Waals surface area contributed by atoms with Crippen molar-refractivity contribution in [2.24, 2.45) is 0 Å². The maximum atomic E-state index is 14.9. The fraction of sp³-hybridized carbons (Fsp3) is 0.140. The van der Waals surface area contributed by atoms with Crippen LogP contribution in [0.3, 0.4) is 0 Å². The lowest BCUT2D eigenvalue weighted by atomic mass is 9.83. The predicted octanol–water partition coefficient (Wildman–Crippen LogP) is 8.92. The first kappa shape index (κ1) is 34.0. The summed E-state index contributed by atoms with van der Waals surface area (Å²) in [5.41, 5.74) is 4.89. The van der Waals surface area contributed by atoms with E-state index in [4.69, 9.17) is 9.47 Å². The zero-order chi connectivity index (χ0) is 34.5. The Kier molecular flexibility index (Phi) is 11.5. The molecule has 0 heterocycles. The molecule has 0 spiro atoms. The van der Waals surface area contributed by atoms with Gasteiger partial charge in [0.15, 0.2) is 5.78 Å². The molecule has 0 bridgehead atoms. The molecule has 7 heteroatoms. The molecule has 2 unspecified atom stereocenters. The summed E-state index contributed by atoms with van der Waals surface area (Å²) in [5, 5.41) is 26.3. The first-order valence-electron chi connectivity index (χ1n) is 16.6. The third kappa shape index (κ3) is 9.17. The number of carbonyl (C=O) groups excluding carboxylic acids is 1. The van der Waals surface area contributed by atoms with Gasteiger partial charge < -0.3 is 30.3 Å². The van der Waals surface area contributed by atoms with E-state index in [9.17, 15) is 15.0 Å². The number of carbonyl (C=O) groups is 1. The van der Waals surface area contributed by atoms with Crippen LogP contribution in [0.25, 0.3) is 0 Å². The van der Waals surface area contributed by atoms with Crippen molar-refractivity contribution in [2.75, 3.05) is 23.7 Å². The highest BCUT2D eigenvalue weighted by Crippen LogP contribution is 2.32. The molecule has 6 rings (SSSR count). The monoisotopic (exact) mass is 664 g/mol. The van der Waals surface area contributed by atoms with Crippen LogP contribution in [-0.4, -0.2) is 29.1 Å². The van der Waals surface area contributed by atoms with Gasteiger partial charge in [0.25, 0.3) is 0 Å². The van der Waals surface area contributed by atoms with Crippen molar-refractivity contribution in [3.63, 3.8) is 0 Å². The number of anilines is 2. The molecule has 6 aromatic carbocycles. The second-order valence-corrected chi connectivity index (χ2v) is 12.0. The highest BCUT2D eigenvalue weighted by molar-refractivity contribution is 5.93. The number of ether oxygens (including phenoxy) is 2. The molecule has 7 nitrogen and oxygen atoms in total. The predicted molar refractivity (Wildman–Crippen MR) is 198 cm³/mol. The molecule has 50 heavy (non-hydrogen) atoms. The maximum absolute atomic E-state index is 14.9. The SMILES string of the molecule is O=C(C(CNc1cccc(CO)c1)c1ccc(Oc2ccccc2)cc1)C(CNc1cccc(CO)c1)c1ccc(Oc2ccccc2)cc1. The highest BCUT2D eigenvalue weighted by atomic mass is 16.5. The first-order valence-corrected chi connectivity index (χ1v) is 16.6. The minimum Gasteiger partial charge on any atom is -0.457 e. The molecule has 0 aliphatic heterocycles. The van der Waals surface area contributed by atoms with E-state index in [1.54, 1.807) is 0 Å². The average molecular weight is 665 g/mol. The van der Waals surface area contributed by atoms with Gasteiger partial charge in [-0.05, 0) is 95.1 Å². The minimum absolute atomic E-state index is 0.0232. The van der Waals surface area contributed by atoms with Gasteiger partial charge in [-0.3, -0.25) is 4.79 Å². The number of nitrogens with one attached hydrogen (secondary N) is 2. The van der Waals surface area contributed by atoms with Crippen LogP contribution in [0.4, 0.5) is 11.4 Å². The van der Waals surface area contributed by atoms with Crippen LogP contribution in [-0.2, 0) is 18.0 Å². The van der Waals surface area contributed by atoms with E-state index in [2.05, 4.69) is 10.6 Å². The Labute approximate surface area is 292 Å². The van der Waals surface area contributed by atoms with Crippen molar-refractivity contribution < 1.29 is 24.5 Å². The Morgan fingerprint density at radius 3 is 1.24 bits per heavy atom. The quantitative estimate of drug-likeness (QED) is 0.0820. The van der Waals surface area contributed by atoms with Gasteiger partial charge in [-0.2, -0.15) is 0 Å². The number of Topliss-reactive ketones (excluding diaryl/α,β-unsaturated/α-hetero) is 1. The van der Waals surface area contributed by atoms with Crippen LogP contribution >= 0.6 is 0 Å². The van der Waals surface area contributed by atoms with E-state index < -0.39 is 11.8 Å². The van der Waals surface area contributed by atoms with Crippen LogP contribution in [0.5, 0.6) is 23.0 Å². The highest BCUT2D eigenvalue weighted by Gasteiger charge is 2.30. The Bertz CT molecular complexity index is 1810. The summed E-state index contributed by atoms with van der Waals surface area (Å²) < 4.78 is 12.1. The molecular formula is C43H40N2O5.